The number of nitro benzene ring substituents is 2. The molecule has 0 amide bonds. The number of nitro groups is 2. The lowest BCUT2D eigenvalue weighted by Crippen LogP contribution is -2.17. The Morgan fingerprint density at radius 2 is 1.72 bits per heavy atom. The number of benzene rings is 2. The molecule has 3 aromatic rings. The Balaban J connectivity index is 2.03. The van der Waals surface area contributed by atoms with Crippen molar-refractivity contribution in [3.05, 3.63) is 95.7 Å². The van der Waals surface area contributed by atoms with Gasteiger partial charge < -0.3 is 0 Å². The van der Waals surface area contributed by atoms with Crippen LogP contribution < -0.4 is 5.43 Å². The van der Waals surface area contributed by atoms with E-state index in [-0.39, 0.29) is 17.1 Å². The molecule has 0 spiro atoms. The number of halogens is 1. The predicted molar refractivity (Wildman–Crippen MR) is 114 cm³/mol. The molecule has 0 bridgehead atoms. The number of aryl methyl sites for hydroxylation is 1. The van der Waals surface area contributed by atoms with Gasteiger partial charge in [-0.25, -0.2) is 0 Å². The summed E-state index contributed by atoms with van der Waals surface area (Å²) >= 11 is 3.42. The highest BCUT2D eigenvalue weighted by molar-refractivity contribution is 9.10. The first-order valence-corrected chi connectivity index (χ1v) is 9.73. The molecule has 0 radical (unpaired) electrons. The number of nitrogens with one attached hydrogen (secondary N) is 1. The third-order valence-corrected chi connectivity index (χ3v) is 5.18. The highest BCUT2D eigenvalue weighted by Crippen LogP contribution is 2.30. The van der Waals surface area contributed by atoms with Crippen molar-refractivity contribution >= 4 is 33.0 Å². The van der Waals surface area contributed by atoms with Crippen LogP contribution in [0.15, 0.2) is 53.0 Å². The van der Waals surface area contributed by atoms with E-state index in [1.54, 1.807) is 0 Å². The summed E-state index contributed by atoms with van der Waals surface area (Å²) in [6.45, 7) is 4.00. The zero-order valence-electron chi connectivity index (χ0n) is 15.9. The maximum Gasteiger partial charge on any atom is 0.300 e. The number of hydrogen-bond donors (Lipinski definition) is 1. The Bertz CT molecular complexity index is 1080. The second-order valence-corrected chi connectivity index (χ2v) is 7.50. The molecule has 2 aromatic carbocycles. The van der Waals surface area contributed by atoms with E-state index in [0.717, 1.165) is 39.5 Å². The normalized spacial score (nSPS) is 10.7. The fraction of sp³-hybridized carbons (Fsp3) is 0.200. The minimum atomic E-state index is -0.646. The molecule has 3 rings (SSSR count). The van der Waals surface area contributed by atoms with Gasteiger partial charge in [-0.15, -0.1) is 0 Å². The van der Waals surface area contributed by atoms with Crippen molar-refractivity contribution in [2.45, 2.75) is 26.7 Å². The van der Waals surface area contributed by atoms with Crippen molar-refractivity contribution in [1.82, 2.24) is 4.68 Å². The van der Waals surface area contributed by atoms with Crippen LogP contribution in [-0.2, 0) is 12.8 Å². The van der Waals surface area contributed by atoms with Crippen LogP contribution in [0.4, 0.5) is 17.1 Å². The Labute approximate surface area is 175 Å². The van der Waals surface area contributed by atoms with Gasteiger partial charge in [0, 0.05) is 28.3 Å². The molecular weight excluding hydrogens is 440 g/mol. The van der Waals surface area contributed by atoms with E-state index in [0.29, 0.717) is 6.42 Å². The maximum absolute atomic E-state index is 11.5. The van der Waals surface area contributed by atoms with Crippen LogP contribution in [0, 0.1) is 27.2 Å². The van der Waals surface area contributed by atoms with E-state index in [1.165, 1.54) is 12.1 Å². The number of rotatable bonds is 7. The van der Waals surface area contributed by atoms with Crippen molar-refractivity contribution < 1.29 is 9.85 Å². The van der Waals surface area contributed by atoms with Crippen molar-refractivity contribution in [1.29, 1.82) is 0 Å². The molecule has 0 aliphatic rings. The average molecular weight is 459 g/mol. The molecule has 0 aliphatic heterocycles. The van der Waals surface area contributed by atoms with Crippen molar-refractivity contribution in [2.24, 2.45) is 0 Å². The average Bonchev–Trinajstić information content (AvgIpc) is 2.97. The highest BCUT2D eigenvalue weighted by Gasteiger charge is 2.21. The number of aromatic nitrogens is 1. The van der Waals surface area contributed by atoms with Crippen molar-refractivity contribution in [2.75, 3.05) is 5.43 Å². The minimum Gasteiger partial charge on any atom is -0.288 e. The Morgan fingerprint density at radius 1 is 1.03 bits per heavy atom. The molecule has 29 heavy (non-hydrogen) atoms. The first-order valence-electron chi connectivity index (χ1n) is 8.94. The van der Waals surface area contributed by atoms with E-state index in [1.807, 2.05) is 48.9 Å². The molecule has 150 valence electrons. The van der Waals surface area contributed by atoms with E-state index in [4.69, 9.17) is 0 Å². The van der Waals surface area contributed by atoms with Gasteiger partial charge in [-0.1, -0.05) is 35.0 Å². The highest BCUT2D eigenvalue weighted by atomic mass is 79.9. The van der Waals surface area contributed by atoms with E-state index < -0.39 is 9.85 Å². The third-order valence-electron chi connectivity index (χ3n) is 4.65. The number of nitrogens with zero attached hydrogens (tertiary/aromatic N) is 3. The molecule has 0 atom stereocenters. The zero-order chi connectivity index (χ0) is 21.1. The van der Waals surface area contributed by atoms with Crippen molar-refractivity contribution in [3.63, 3.8) is 0 Å². The Hall–Kier alpha value is -3.20. The minimum absolute atomic E-state index is 0.197. The first-order chi connectivity index (χ1) is 13.8. The largest absolute Gasteiger partial charge is 0.300 e. The van der Waals surface area contributed by atoms with Crippen molar-refractivity contribution in [3.8, 4) is 0 Å². The molecule has 1 N–H and O–H groups in total. The van der Waals surface area contributed by atoms with E-state index in [2.05, 4.69) is 21.4 Å². The standard InChI is InChI=1S/C20H19BrN4O4/c1-3-19-13(2)10-17(11-14-4-6-15(21)7-5-14)23(19)22-18-9-8-16(24(26)27)12-20(18)25(28)29/h4-10,12,22H,3,11H2,1-2H3. The van der Waals surface area contributed by atoms with Gasteiger partial charge in [-0.3, -0.25) is 30.3 Å². The van der Waals surface area contributed by atoms with Gasteiger partial charge in [-0.2, -0.15) is 0 Å². The van der Waals surface area contributed by atoms with Gasteiger partial charge in [0.05, 0.1) is 15.9 Å². The van der Waals surface area contributed by atoms with Crippen LogP contribution in [0.3, 0.4) is 0 Å². The van der Waals surface area contributed by atoms with Gasteiger partial charge >= 0.3 is 5.69 Å². The molecular formula is C20H19BrN4O4. The van der Waals surface area contributed by atoms with Crippen LogP contribution in [0.5, 0.6) is 0 Å². The van der Waals surface area contributed by atoms with Gasteiger partial charge in [0.1, 0.15) is 5.69 Å². The van der Waals surface area contributed by atoms with Crippen LogP contribution in [0.1, 0.15) is 29.4 Å². The number of anilines is 1. The lowest BCUT2D eigenvalue weighted by molar-refractivity contribution is -0.393. The lowest BCUT2D eigenvalue weighted by atomic mass is 10.1. The van der Waals surface area contributed by atoms with Crippen LogP contribution in [0.25, 0.3) is 0 Å². The summed E-state index contributed by atoms with van der Waals surface area (Å²) < 4.78 is 2.83. The molecule has 1 aromatic heterocycles. The number of hydrogen-bond acceptors (Lipinski definition) is 5. The second-order valence-electron chi connectivity index (χ2n) is 6.59. The fourth-order valence-corrected chi connectivity index (χ4v) is 3.53. The summed E-state index contributed by atoms with van der Waals surface area (Å²) in [5.41, 5.74) is 6.72. The molecule has 0 fully saturated rings. The number of non-ortho nitro benzene ring substituents is 1. The van der Waals surface area contributed by atoms with Crippen LogP contribution in [0.2, 0.25) is 0 Å². The molecule has 0 saturated carbocycles. The summed E-state index contributed by atoms with van der Waals surface area (Å²) in [6, 6.07) is 13.6. The smallest absolute Gasteiger partial charge is 0.288 e. The molecule has 9 heteroatoms. The lowest BCUT2D eigenvalue weighted by Gasteiger charge is -2.16. The summed E-state index contributed by atoms with van der Waals surface area (Å²) in [6.07, 6.45) is 1.35. The zero-order valence-corrected chi connectivity index (χ0v) is 17.5. The van der Waals surface area contributed by atoms with Crippen LogP contribution >= 0.6 is 15.9 Å². The summed E-state index contributed by atoms with van der Waals surface area (Å²) in [5.74, 6) is 0. The molecule has 0 unspecified atom stereocenters. The SMILES string of the molecule is CCc1c(C)cc(Cc2ccc(Br)cc2)n1Nc1ccc([N+](=O)[O-])cc1[N+](=O)[O-]. The fourth-order valence-electron chi connectivity index (χ4n) is 3.26. The molecule has 8 nitrogen and oxygen atoms in total. The monoisotopic (exact) mass is 458 g/mol. The molecule has 0 aliphatic carbocycles. The van der Waals surface area contributed by atoms with Gasteiger partial charge in [-0.05, 0) is 48.7 Å². The Kier molecular flexibility index (Phi) is 5.97. The van der Waals surface area contributed by atoms with E-state index >= 15 is 0 Å². The first kappa shape index (κ1) is 20.5. The third kappa shape index (κ3) is 4.45. The summed E-state index contributed by atoms with van der Waals surface area (Å²) in [4.78, 5) is 21.2. The van der Waals surface area contributed by atoms with Gasteiger partial charge in [0.25, 0.3) is 5.69 Å². The van der Waals surface area contributed by atoms with Gasteiger partial charge in [0.2, 0.25) is 0 Å². The summed E-state index contributed by atoms with van der Waals surface area (Å²) in [7, 11) is 0. The maximum atomic E-state index is 11.5. The predicted octanol–water partition coefficient (Wildman–Crippen LogP) is 5.40. The molecule has 1 heterocycles. The Morgan fingerprint density at radius 3 is 2.31 bits per heavy atom. The van der Waals surface area contributed by atoms with Gasteiger partial charge in [0.15, 0.2) is 0 Å². The second kappa shape index (κ2) is 8.44. The topological polar surface area (TPSA) is 103 Å². The summed E-state index contributed by atoms with van der Waals surface area (Å²) in [5, 5.41) is 22.5. The van der Waals surface area contributed by atoms with E-state index in [9.17, 15) is 20.2 Å². The molecule has 0 saturated heterocycles. The quantitative estimate of drug-likeness (QED) is 0.376. The van der Waals surface area contributed by atoms with Crippen LogP contribution in [-0.4, -0.2) is 14.5 Å².